The summed E-state index contributed by atoms with van der Waals surface area (Å²) in [6.07, 6.45) is 4.99. The molecule has 0 aliphatic rings. The quantitative estimate of drug-likeness (QED) is 0.706. The van der Waals surface area contributed by atoms with E-state index in [9.17, 15) is 0 Å². The summed E-state index contributed by atoms with van der Waals surface area (Å²) in [5.74, 6) is 2.07. The van der Waals surface area contributed by atoms with Crippen molar-refractivity contribution >= 4 is 11.9 Å². The molecule has 0 amide bonds. The first-order chi connectivity index (χ1) is 9.70. The van der Waals surface area contributed by atoms with Crippen LogP contribution in [-0.2, 0) is 6.54 Å². The van der Waals surface area contributed by atoms with Gasteiger partial charge in [-0.05, 0) is 13.0 Å². The van der Waals surface area contributed by atoms with E-state index >= 15 is 0 Å². The molecule has 0 saturated heterocycles. The highest BCUT2D eigenvalue weighted by molar-refractivity contribution is 5.34. The average molecular weight is 272 g/mol. The lowest BCUT2D eigenvalue weighted by atomic mass is 10.6. The minimum atomic E-state index is 0.108. The third kappa shape index (κ3) is 2.55. The number of nitrogen functional groups attached to an aromatic ring is 1. The summed E-state index contributed by atoms with van der Waals surface area (Å²) in [6, 6.07) is 1.77. The molecule has 3 N–H and O–H groups in total. The summed E-state index contributed by atoms with van der Waals surface area (Å²) in [5.41, 5.74) is 5.66. The number of nitrogens with one attached hydrogen (secondary N) is 1. The maximum Gasteiger partial charge on any atom is 0.257 e. The molecule has 0 aliphatic carbocycles. The Labute approximate surface area is 113 Å². The first-order valence-corrected chi connectivity index (χ1v) is 5.87. The summed E-state index contributed by atoms with van der Waals surface area (Å²) in [6.45, 7) is 2.18. The maximum atomic E-state index is 5.66. The zero-order valence-electron chi connectivity index (χ0n) is 10.7. The fourth-order valence-corrected chi connectivity index (χ4v) is 1.59. The van der Waals surface area contributed by atoms with Crippen LogP contribution in [0.1, 0.15) is 11.7 Å². The predicted molar refractivity (Wildman–Crippen MR) is 69.9 cm³/mol. The van der Waals surface area contributed by atoms with Gasteiger partial charge in [0, 0.05) is 12.4 Å². The van der Waals surface area contributed by atoms with E-state index in [0.29, 0.717) is 24.3 Å². The minimum Gasteiger partial charge on any atom is -0.444 e. The Kier molecular flexibility index (Phi) is 2.99. The minimum absolute atomic E-state index is 0.108. The number of aromatic nitrogens is 6. The number of oxazole rings is 1. The topological polar surface area (TPSA) is 121 Å². The SMILES string of the molecule is Cc1cnc(CNc2nc(N)nc(-n3cccn3)n2)o1. The number of nitrogens with two attached hydrogens (primary N) is 1. The van der Waals surface area contributed by atoms with Gasteiger partial charge in [0.15, 0.2) is 0 Å². The molecule has 0 spiro atoms. The highest BCUT2D eigenvalue weighted by Crippen LogP contribution is 2.08. The van der Waals surface area contributed by atoms with Crippen molar-refractivity contribution in [1.82, 2.24) is 29.7 Å². The summed E-state index contributed by atoms with van der Waals surface area (Å²) >= 11 is 0. The largest absolute Gasteiger partial charge is 0.444 e. The highest BCUT2D eigenvalue weighted by atomic mass is 16.4. The van der Waals surface area contributed by atoms with Gasteiger partial charge in [0.25, 0.3) is 5.95 Å². The van der Waals surface area contributed by atoms with Crippen LogP contribution >= 0.6 is 0 Å². The standard InChI is InChI=1S/C11H12N8O/c1-7-5-13-8(20-7)6-14-10-16-9(12)17-11(18-10)19-4-2-3-15-19/h2-5H,6H2,1H3,(H3,12,14,16,17,18). The molecule has 9 nitrogen and oxygen atoms in total. The van der Waals surface area contributed by atoms with Gasteiger partial charge in [-0.2, -0.15) is 20.1 Å². The fraction of sp³-hybridized carbons (Fsp3) is 0.182. The Morgan fingerprint density at radius 1 is 1.35 bits per heavy atom. The van der Waals surface area contributed by atoms with Crippen LogP contribution in [0.15, 0.2) is 29.1 Å². The van der Waals surface area contributed by atoms with E-state index in [0.717, 1.165) is 5.76 Å². The summed E-state index contributed by atoms with van der Waals surface area (Å²) in [7, 11) is 0. The molecule has 3 aromatic rings. The number of hydrogen-bond donors (Lipinski definition) is 2. The predicted octanol–water partition coefficient (Wildman–Crippen LogP) is 0.548. The summed E-state index contributed by atoms with van der Waals surface area (Å²) < 4.78 is 6.84. The average Bonchev–Trinajstić information content (AvgIpc) is 3.07. The molecule has 0 radical (unpaired) electrons. The van der Waals surface area contributed by atoms with Crippen LogP contribution < -0.4 is 11.1 Å². The van der Waals surface area contributed by atoms with Crippen molar-refractivity contribution < 1.29 is 4.42 Å². The zero-order chi connectivity index (χ0) is 13.9. The molecule has 3 aromatic heterocycles. The molecule has 3 rings (SSSR count). The third-order valence-corrected chi connectivity index (χ3v) is 2.42. The molecule has 0 saturated carbocycles. The van der Waals surface area contributed by atoms with Gasteiger partial charge >= 0.3 is 0 Å². The van der Waals surface area contributed by atoms with Crippen LogP contribution in [0, 0.1) is 6.92 Å². The molecular formula is C11H12N8O. The van der Waals surface area contributed by atoms with Crippen LogP contribution in [0.25, 0.3) is 5.95 Å². The van der Waals surface area contributed by atoms with Crippen molar-refractivity contribution in [3.63, 3.8) is 0 Å². The van der Waals surface area contributed by atoms with Crippen molar-refractivity contribution in [2.75, 3.05) is 11.1 Å². The number of aryl methyl sites for hydroxylation is 1. The van der Waals surface area contributed by atoms with Gasteiger partial charge in [-0.1, -0.05) is 0 Å². The zero-order valence-corrected chi connectivity index (χ0v) is 10.7. The van der Waals surface area contributed by atoms with Gasteiger partial charge in [0.2, 0.25) is 17.8 Å². The molecule has 0 aromatic carbocycles. The Morgan fingerprint density at radius 3 is 2.95 bits per heavy atom. The number of rotatable bonds is 4. The maximum absolute atomic E-state index is 5.66. The molecule has 102 valence electrons. The molecule has 0 aliphatic heterocycles. The Balaban J connectivity index is 1.79. The fourth-order valence-electron chi connectivity index (χ4n) is 1.59. The molecule has 20 heavy (non-hydrogen) atoms. The first-order valence-electron chi connectivity index (χ1n) is 5.87. The van der Waals surface area contributed by atoms with E-state index < -0.39 is 0 Å². The van der Waals surface area contributed by atoms with Crippen LogP contribution in [0.4, 0.5) is 11.9 Å². The lowest BCUT2D eigenvalue weighted by Gasteiger charge is -2.05. The second kappa shape index (κ2) is 4.96. The Morgan fingerprint density at radius 2 is 2.25 bits per heavy atom. The second-order valence-electron chi connectivity index (χ2n) is 3.99. The van der Waals surface area contributed by atoms with Gasteiger partial charge in [0.05, 0.1) is 12.7 Å². The van der Waals surface area contributed by atoms with Crippen molar-refractivity contribution in [2.45, 2.75) is 13.5 Å². The van der Waals surface area contributed by atoms with E-state index in [2.05, 4.69) is 30.4 Å². The van der Waals surface area contributed by atoms with E-state index in [-0.39, 0.29) is 5.95 Å². The molecule has 0 atom stereocenters. The number of hydrogen-bond acceptors (Lipinski definition) is 8. The smallest absolute Gasteiger partial charge is 0.257 e. The molecule has 9 heteroatoms. The highest BCUT2D eigenvalue weighted by Gasteiger charge is 2.07. The molecule has 0 unspecified atom stereocenters. The van der Waals surface area contributed by atoms with Crippen molar-refractivity contribution in [3.05, 3.63) is 36.3 Å². The van der Waals surface area contributed by atoms with Gasteiger partial charge < -0.3 is 15.5 Å². The lowest BCUT2D eigenvalue weighted by Crippen LogP contribution is -2.11. The Hall–Kier alpha value is -2.97. The Bertz CT molecular complexity index is 705. The molecule has 0 fully saturated rings. The van der Waals surface area contributed by atoms with Gasteiger partial charge in [-0.25, -0.2) is 9.67 Å². The number of nitrogens with zero attached hydrogens (tertiary/aromatic N) is 6. The first kappa shape index (κ1) is 12.1. The van der Waals surface area contributed by atoms with Crippen molar-refractivity contribution in [3.8, 4) is 5.95 Å². The lowest BCUT2D eigenvalue weighted by molar-refractivity contribution is 0.478. The molecular weight excluding hydrogens is 260 g/mol. The van der Waals surface area contributed by atoms with Crippen molar-refractivity contribution in [1.29, 1.82) is 0 Å². The summed E-state index contributed by atoms with van der Waals surface area (Å²) in [4.78, 5) is 16.3. The summed E-state index contributed by atoms with van der Waals surface area (Å²) in [5, 5.41) is 7.02. The normalized spacial score (nSPS) is 10.7. The molecule has 3 heterocycles. The van der Waals surface area contributed by atoms with Crippen LogP contribution in [0.3, 0.4) is 0 Å². The molecule has 0 bridgehead atoms. The van der Waals surface area contributed by atoms with Gasteiger partial charge in [0.1, 0.15) is 5.76 Å². The van der Waals surface area contributed by atoms with Crippen molar-refractivity contribution in [2.24, 2.45) is 0 Å². The number of anilines is 2. The van der Waals surface area contributed by atoms with E-state index in [4.69, 9.17) is 10.2 Å². The van der Waals surface area contributed by atoms with Gasteiger partial charge in [-0.15, -0.1) is 0 Å². The monoisotopic (exact) mass is 272 g/mol. The van der Waals surface area contributed by atoms with E-state index in [1.54, 1.807) is 24.7 Å². The second-order valence-corrected chi connectivity index (χ2v) is 3.99. The van der Waals surface area contributed by atoms with Crippen LogP contribution in [-0.4, -0.2) is 29.7 Å². The van der Waals surface area contributed by atoms with Gasteiger partial charge in [-0.3, -0.25) is 0 Å². The van der Waals surface area contributed by atoms with Crippen LogP contribution in [0.2, 0.25) is 0 Å². The van der Waals surface area contributed by atoms with E-state index in [1.165, 1.54) is 4.68 Å². The van der Waals surface area contributed by atoms with E-state index in [1.807, 2.05) is 6.92 Å². The third-order valence-electron chi connectivity index (χ3n) is 2.42. The van der Waals surface area contributed by atoms with Crippen LogP contribution in [0.5, 0.6) is 0 Å².